The van der Waals surface area contributed by atoms with Crippen LogP contribution < -0.4 is 5.32 Å². The van der Waals surface area contributed by atoms with Crippen LogP contribution in [0.15, 0.2) is 36.5 Å². The van der Waals surface area contributed by atoms with Gasteiger partial charge >= 0.3 is 11.9 Å². The maximum atomic E-state index is 12.1. The molecule has 3 rings (SSSR count). The Morgan fingerprint density at radius 1 is 1.17 bits per heavy atom. The van der Waals surface area contributed by atoms with Gasteiger partial charge in [0.25, 0.3) is 0 Å². The molecule has 1 fully saturated rings. The number of anilines is 1. The monoisotopic (exact) mass is 399 g/mol. The first-order chi connectivity index (χ1) is 13.7. The Morgan fingerprint density at radius 3 is 2.48 bits per heavy atom. The number of nitrogens with one attached hydrogen (secondary N) is 2. The Labute approximate surface area is 168 Å². The number of rotatable bonds is 6. The Kier molecular flexibility index (Phi) is 6.03. The molecule has 1 aliphatic rings. The molecule has 154 valence electrons. The van der Waals surface area contributed by atoms with E-state index in [9.17, 15) is 19.5 Å². The number of hydrogen-bond acceptors (Lipinski definition) is 4. The van der Waals surface area contributed by atoms with Gasteiger partial charge in [0.15, 0.2) is 0 Å². The lowest BCUT2D eigenvalue weighted by Gasteiger charge is -2.38. The van der Waals surface area contributed by atoms with Crippen molar-refractivity contribution in [3.63, 3.8) is 0 Å². The minimum atomic E-state index is -1.20. The van der Waals surface area contributed by atoms with E-state index in [2.05, 4.69) is 24.1 Å². The molecule has 8 heteroatoms. The minimum absolute atomic E-state index is 0.437. The maximum Gasteiger partial charge on any atom is 0.328 e. The number of carbonyl (C=O) groups is 3. The van der Waals surface area contributed by atoms with Crippen molar-refractivity contribution in [1.29, 1.82) is 0 Å². The van der Waals surface area contributed by atoms with E-state index in [0.29, 0.717) is 28.6 Å². The largest absolute Gasteiger partial charge is 0.480 e. The van der Waals surface area contributed by atoms with Crippen molar-refractivity contribution in [2.75, 3.05) is 18.4 Å². The van der Waals surface area contributed by atoms with Crippen molar-refractivity contribution in [2.24, 2.45) is 11.8 Å². The van der Waals surface area contributed by atoms with Crippen LogP contribution >= 0.6 is 0 Å². The number of aromatic amines is 1. The van der Waals surface area contributed by atoms with Crippen molar-refractivity contribution in [2.45, 2.75) is 26.3 Å². The molecule has 1 aromatic carbocycles. The summed E-state index contributed by atoms with van der Waals surface area (Å²) in [5.74, 6) is -1.77. The molecule has 4 N–H and O–H groups in total. The van der Waals surface area contributed by atoms with Crippen molar-refractivity contribution >= 4 is 34.4 Å². The SMILES string of the molecule is C[C@@H]1C[C@H](C)CN([C@@H](C(=O)O)c2c[nH]c3cc(NC(=O)/C=C/C(=O)O)ccc23)C1. The van der Waals surface area contributed by atoms with Gasteiger partial charge in [-0.15, -0.1) is 0 Å². The first kappa shape index (κ1) is 20.6. The predicted molar refractivity (Wildman–Crippen MR) is 109 cm³/mol. The normalized spacial score (nSPS) is 21.3. The predicted octanol–water partition coefficient (Wildman–Crippen LogP) is 2.85. The Morgan fingerprint density at radius 2 is 1.86 bits per heavy atom. The van der Waals surface area contributed by atoms with Crippen LogP contribution in [0.3, 0.4) is 0 Å². The highest BCUT2D eigenvalue weighted by molar-refractivity contribution is 6.03. The number of piperidine rings is 1. The standard InChI is InChI=1S/C21H25N3O5/c1-12-7-13(2)11-24(10-12)20(21(28)29)16-9-22-17-8-14(3-4-15(16)17)23-18(25)5-6-19(26)27/h3-6,8-9,12-13,20,22H,7,10-11H2,1-2H3,(H,23,25)(H,26,27)(H,28,29)/b6-5+/t12-,13+,20-/m1/s1. The van der Waals surface area contributed by atoms with Crippen LogP contribution in [0.2, 0.25) is 0 Å². The molecule has 0 unspecified atom stereocenters. The highest BCUT2D eigenvalue weighted by Crippen LogP contribution is 2.34. The van der Waals surface area contributed by atoms with Gasteiger partial charge in [0.05, 0.1) is 0 Å². The zero-order valence-electron chi connectivity index (χ0n) is 16.4. The summed E-state index contributed by atoms with van der Waals surface area (Å²) in [6.07, 6.45) is 4.50. The maximum absolute atomic E-state index is 12.1. The summed E-state index contributed by atoms with van der Waals surface area (Å²) in [5, 5.41) is 21.9. The number of benzene rings is 1. The van der Waals surface area contributed by atoms with Gasteiger partial charge in [-0.3, -0.25) is 14.5 Å². The average Bonchev–Trinajstić information content (AvgIpc) is 3.02. The third kappa shape index (κ3) is 4.83. The van der Waals surface area contributed by atoms with Crippen LogP contribution in [0.25, 0.3) is 10.9 Å². The lowest BCUT2D eigenvalue weighted by molar-refractivity contribution is -0.144. The second-order valence-electron chi connectivity index (χ2n) is 7.81. The Bertz CT molecular complexity index is 954. The third-order valence-corrected chi connectivity index (χ3v) is 5.15. The first-order valence-corrected chi connectivity index (χ1v) is 9.54. The van der Waals surface area contributed by atoms with Crippen LogP contribution in [-0.2, 0) is 14.4 Å². The second-order valence-corrected chi connectivity index (χ2v) is 7.81. The highest BCUT2D eigenvalue weighted by Gasteiger charge is 2.34. The number of carboxylic acids is 2. The molecule has 0 aliphatic carbocycles. The van der Waals surface area contributed by atoms with E-state index in [4.69, 9.17) is 5.11 Å². The molecule has 0 saturated carbocycles. The lowest BCUT2D eigenvalue weighted by Crippen LogP contribution is -2.43. The number of aromatic nitrogens is 1. The van der Waals surface area contributed by atoms with Crippen molar-refractivity contribution in [1.82, 2.24) is 9.88 Å². The van der Waals surface area contributed by atoms with Crippen LogP contribution in [-0.4, -0.2) is 51.0 Å². The number of H-pyrrole nitrogens is 1. The third-order valence-electron chi connectivity index (χ3n) is 5.15. The van der Waals surface area contributed by atoms with Gasteiger partial charge in [0.2, 0.25) is 5.91 Å². The number of nitrogens with zero attached hydrogens (tertiary/aromatic N) is 1. The Hall–Kier alpha value is -3.13. The molecule has 8 nitrogen and oxygen atoms in total. The summed E-state index contributed by atoms with van der Waals surface area (Å²) >= 11 is 0. The average molecular weight is 399 g/mol. The zero-order chi connectivity index (χ0) is 21.1. The van der Waals surface area contributed by atoms with E-state index in [-0.39, 0.29) is 0 Å². The molecular formula is C21H25N3O5. The van der Waals surface area contributed by atoms with E-state index >= 15 is 0 Å². The first-order valence-electron chi connectivity index (χ1n) is 9.54. The van der Waals surface area contributed by atoms with E-state index < -0.39 is 23.9 Å². The number of amides is 1. The summed E-state index contributed by atoms with van der Waals surface area (Å²) in [5.41, 5.74) is 1.87. The number of aliphatic carboxylic acids is 2. The second kappa shape index (κ2) is 8.48. The molecule has 0 radical (unpaired) electrons. The van der Waals surface area contributed by atoms with Gasteiger partial charge in [-0.25, -0.2) is 4.79 Å². The number of carboxylic acid groups (broad SMARTS) is 2. The molecule has 2 heterocycles. The summed E-state index contributed by atoms with van der Waals surface area (Å²) in [4.78, 5) is 39.5. The quantitative estimate of drug-likeness (QED) is 0.554. The van der Waals surface area contributed by atoms with E-state index in [1.807, 2.05) is 4.90 Å². The lowest BCUT2D eigenvalue weighted by atomic mass is 9.89. The summed E-state index contributed by atoms with van der Waals surface area (Å²) < 4.78 is 0. The minimum Gasteiger partial charge on any atom is -0.480 e. The fourth-order valence-corrected chi connectivity index (χ4v) is 4.19. The fourth-order valence-electron chi connectivity index (χ4n) is 4.19. The molecule has 29 heavy (non-hydrogen) atoms. The summed E-state index contributed by atoms with van der Waals surface area (Å²) in [7, 11) is 0. The van der Waals surface area contributed by atoms with Crippen LogP contribution in [0.5, 0.6) is 0 Å². The molecule has 1 aliphatic heterocycles. The molecule has 0 bridgehead atoms. The molecule has 1 saturated heterocycles. The highest BCUT2D eigenvalue weighted by atomic mass is 16.4. The summed E-state index contributed by atoms with van der Waals surface area (Å²) in [6, 6.07) is 4.40. The van der Waals surface area contributed by atoms with Gasteiger partial charge in [0, 0.05) is 53.6 Å². The van der Waals surface area contributed by atoms with Crippen molar-refractivity contribution in [3.8, 4) is 0 Å². The molecule has 0 spiro atoms. The Balaban J connectivity index is 1.87. The zero-order valence-corrected chi connectivity index (χ0v) is 16.4. The molecule has 2 aromatic rings. The van der Waals surface area contributed by atoms with E-state index in [1.165, 1.54) is 0 Å². The van der Waals surface area contributed by atoms with E-state index in [1.54, 1.807) is 24.4 Å². The van der Waals surface area contributed by atoms with Crippen LogP contribution in [0.1, 0.15) is 31.9 Å². The number of carbonyl (C=O) groups excluding carboxylic acids is 1. The fraction of sp³-hybridized carbons (Fsp3) is 0.381. The molecule has 1 amide bonds. The van der Waals surface area contributed by atoms with E-state index in [0.717, 1.165) is 37.0 Å². The molecule has 3 atom stereocenters. The van der Waals surface area contributed by atoms with Gasteiger partial charge in [0.1, 0.15) is 6.04 Å². The topological polar surface area (TPSA) is 123 Å². The number of likely N-dealkylation sites (tertiary alicyclic amines) is 1. The van der Waals surface area contributed by atoms with Gasteiger partial charge in [-0.2, -0.15) is 0 Å². The van der Waals surface area contributed by atoms with Crippen LogP contribution in [0.4, 0.5) is 5.69 Å². The smallest absolute Gasteiger partial charge is 0.328 e. The van der Waals surface area contributed by atoms with Gasteiger partial charge in [-0.1, -0.05) is 19.9 Å². The molecule has 1 aromatic heterocycles. The van der Waals surface area contributed by atoms with Gasteiger partial charge in [-0.05, 0) is 30.4 Å². The van der Waals surface area contributed by atoms with Crippen molar-refractivity contribution in [3.05, 3.63) is 42.1 Å². The van der Waals surface area contributed by atoms with Crippen molar-refractivity contribution < 1.29 is 24.6 Å². The van der Waals surface area contributed by atoms with Crippen LogP contribution in [0, 0.1) is 11.8 Å². The van der Waals surface area contributed by atoms with Gasteiger partial charge < -0.3 is 20.5 Å². The number of fused-ring (bicyclic) bond motifs is 1. The summed E-state index contributed by atoms with van der Waals surface area (Å²) in [6.45, 7) is 5.76. The number of hydrogen-bond donors (Lipinski definition) is 4. The molecular weight excluding hydrogens is 374 g/mol.